The molecule has 0 saturated carbocycles. The smallest absolute Gasteiger partial charge is 0.240 e. The topological polar surface area (TPSA) is 102 Å². The Morgan fingerprint density at radius 3 is 2.45 bits per heavy atom. The molecule has 164 valence electrons. The van der Waals surface area contributed by atoms with Gasteiger partial charge in [-0.05, 0) is 68.1 Å². The van der Waals surface area contributed by atoms with Crippen molar-refractivity contribution in [1.82, 2.24) is 10.0 Å². The molecule has 31 heavy (non-hydrogen) atoms. The van der Waals surface area contributed by atoms with E-state index in [0.29, 0.717) is 11.1 Å². The summed E-state index contributed by atoms with van der Waals surface area (Å²) in [6.45, 7) is 5.29. The first-order valence-electron chi connectivity index (χ1n) is 10.4. The van der Waals surface area contributed by atoms with Gasteiger partial charge in [0.25, 0.3) is 0 Å². The van der Waals surface area contributed by atoms with Crippen molar-refractivity contribution < 1.29 is 13.2 Å². The molecule has 1 heterocycles. The Morgan fingerprint density at radius 1 is 1.13 bits per heavy atom. The van der Waals surface area contributed by atoms with E-state index >= 15 is 0 Å². The number of carbonyl (C=O) groups excluding carboxylic acids is 1. The highest BCUT2D eigenvalue weighted by atomic mass is 32.2. The zero-order valence-corrected chi connectivity index (χ0v) is 18.7. The number of nitrogens with zero attached hydrogens (tertiary/aromatic N) is 2. The number of amides is 1. The van der Waals surface area contributed by atoms with E-state index < -0.39 is 10.0 Å². The molecule has 1 aliphatic rings. The molecule has 2 aromatic carbocycles. The lowest BCUT2D eigenvalue weighted by Crippen LogP contribution is -2.45. The summed E-state index contributed by atoms with van der Waals surface area (Å²) in [4.78, 5) is 14.8. The van der Waals surface area contributed by atoms with Crippen LogP contribution in [0.5, 0.6) is 0 Å². The predicted molar refractivity (Wildman–Crippen MR) is 120 cm³/mol. The van der Waals surface area contributed by atoms with Gasteiger partial charge in [0.05, 0.1) is 16.5 Å². The SMILES string of the molecule is Cc1ccc(C)c(S(=O)(=O)NCCC(=O)NC2CCN(c3ccc(C#N)cc3)CC2)c1. The van der Waals surface area contributed by atoms with Gasteiger partial charge in [-0.2, -0.15) is 5.26 Å². The van der Waals surface area contributed by atoms with Crippen molar-refractivity contribution >= 4 is 21.6 Å². The van der Waals surface area contributed by atoms with Gasteiger partial charge in [0.1, 0.15) is 0 Å². The lowest BCUT2D eigenvalue weighted by Gasteiger charge is -2.34. The number of hydrogen-bond donors (Lipinski definition) is 2. The van der Waals surface area contributed by atoms with Crippen LogP contribution in [0.1, 0.15) is 36.0 Å². The van der Waals surface area contributed by atoms with Crippen molar-refractivity contribution in [3.05, 3.63) is 59.2 Å². The average molecular weight is 441 g/mol. The number of rotatable bonds is 7. The first kappa shape index (κ1) is 22.8. The molecule has 1 aliphatic heterocycles. The Balaban J connectivity index is 1.43. The minimum atomic E-state index is -3.64. The maximum atomic E-state index is 12.5. The van der Waals surface area contributed by atoms with Crippen LogP contribution in [0.3, 0.4) is 0 Å². The Morgan fingerprint density at radius 2 is 1.81 bits per heavy atom. The van der Waals surface area contributed by atoms with Crippen LogP contribution in [-0.2, 0) is 14.8 Å². The summed E-state index contributed by atoms with van der Waals surface area (Å²) in [5.41, 5.74) is 3.26. The minimum Gasteiger partial charge on any atom is -0.371 e. The van der Waals surface area contributed by atoms with Gasteiger partial charge >= 0.3 is 0 Å². The van der Waals surface area contributed by atoms with E-state index in [1.165, 1.54) is 0 Å². The number of aryl methyl sites for hydroxylation is 2. The number of carbonyl (C=O) groups is 1. The number of nitriles is 1. The third kappa shape index (κ3) is 6.06. The van der Waals surface area contributed by atoms with Crippen LogP contribution in [0.2, 0.25) is 0 Å². The van der Waals surface area contributed by atoms with E-state index in [-0.39, 0.29) is 29.8 Å². The number of benzene rings is 2. The fourth-order valence-corrected chi connectivity index (χ4v) is 5.06. The van der Waals surface area contributed by atoms with Crippen molar-refractivity contribution in [2.24, 2.45) is 0 Å². The molecule has 0 aromatic heterocycles. The maximum Gasteiger partial charge on any atom is 0.240 e. The van der Waals surface area contributed by atoms with Gasteiger partial charge in [-0.15, -0.1) is 0 Å². The molecule has 0 radical (unpaired) electrons. The van der Waals surface area contributed by atoms with Crippen molar-refractivity contribution in [3.8, 4) is 6.07 Å². The van der Waals surface area contributed by atoms with Gasteiger partial charge < -0.3 is 10.2 Å². The van der Waals surface area contributed by atoms with Gasteiger partial charge in [0.2, 0.25) is 15.9 Å². The Hall–Kier alpha value is -2.89. The first-order valence-corrected chi connectivity index (χ1v) is 11.9. The van der Waals surface area contributed by atoms with Gasteiger partial charge in [-0.25, -0.2) is 13.1 Å². The van der Waals surface area contributed by atoms with Crippen LogP contribution in [0, 0.1) is 25.2 Å². The summed E-state index contributed by atoms with van der Waals surface area (Å²) >= 11 is 0. The number of anilines is 1. The van der Waals surface area contributed by atoms with Crippen LogP contribution in [0.4, 0.5) is 5.69 Å². The van der Waals surface area contributed by atoms with Crippen LogP contribution < -0.4 is 14.9 Å². The number of hydrogen-bond acceptors (Lipinski definition) is 5. The molecule has 8 heteroatoms. The number of sulfonamides is 1. The van der Waals surface area contributed by atoms with Crippen molar-refractivity contribution in [3.63, 3.8) is 0 Å². The van der Waals surface area contributed by atoms with E-state index in [9.17, 15) is 13.2 Å². The van der Waals surface area contributed by atoms with Crippen molar-refractivity contribution in [2.75, 3.05) is 24.5 Å². The van der Waals surface area contributed by atoms with Crippen LogP contribution in [-0.4, -0.2) is 40.0 Å². The predicted octanol–water partition coefficient (Wildman–Crippen LogP) is 2.63. The molecule has 0 atom stereocenters. The minimum absolute atomic E-state index is 0.0611. The summed E-state index contributed by atoms with van der Waals surface area (Å²) in [7, 11) is -3.64. The molecule has 0 unspecified atom stereocenters. The molecule has 0 spiro atoms. The summed E-state index contributed by atoms with van der Waals surface area (Å²) in [6, 6.07) is 15.0. The second kappa shape index (κ2) is 9.94. The van der Waals surface area contributed by atoms with Crippen LogP contribution in [0.15, 0.2) is 47.4 Å². The van der Waals surface area contributed by atoms with E-state index in [2.05, 4.69) is 21.0 Å². The summed E-state index contributed by atoms with van der Waals surface area (Å²) in [6.07, 6.45) is 1.74. The quantitative estimate of drug-likeness (QED) is 0.689. The molecule has 0 bridgehead atoms. The molecule has 7 nitrogen and oxygen atoms in total. The molecule has 1 saturated heterocycles. The zero-order chi connectivity index (χ0) is 22.4. The normalized spacial score (nSPS) is 14.8. The third-order valence-corrected chi connectivity index (χ3v) is 7.10. The van der Waals surface area contributed by atoms with Gasteiger partial charge in [0.15, 0.2) is 0 Å². The van der Waals surface area contributed by atoms with Gasteiger partial charge in [-0.3, -0.25) is 4.79 Å². The lowest BCUT2D eigenvalue weighted by atomic mass is 10.0. The van der Waals surface area contributed by atoms with E-state index in [1.54, 1.807) is 19.1 Å². The Kier molecular flexibility index (Phi) is 7.31. The summed E-state index contributed by atoms with van der Waals surface area (Å²) in [5.74, 6) is -0.152. The highest BCUT2D eigenvalue weighted by Crippen LogP contribution is 2.20. The molecule has 1 amide bonds. The average Bonchev–Trinajstić information content (AvgIpc) is 2.76. The van der Waals surface area contributed by atoms with E-state index in [1.807, 2.05) is 37.3 Å². The summed E-state index contributed by atoms with van der Waals surface area (Å²) in [5, 5.41) is 11.9. The largest absolute Gasteiger partial charge is 0.371 e. The fourth-order valence-electron chi connectivity index (χ4n) is 3.70. The Labute approximate surface area is 184 Å². The summed E-state index contributed by atoms with van der Waals surface area (Å²) < 4.78 is 27.6. The van der Waals surface area contributed by atoms with Crippen LogP contribution in [0.25, 0.3) is 0 Å². The standard InChI is InChI=1S/C23H28N4O3S/c1-17-3-4-18(2)22(15-17)31(29,30)25-12-9-23(28)26-20-10-13-27(14-11-20)21-7-5-19(16-24)6-8-21/h3-8,15,20,25H,9-14H2,1-2H3,(H,26,28). The van der Waals surface area contributed by atoms with Gasteiger partial charge in [0, 0.05) is 37.8 Å². The Bertz CT molecular complexity index is 1070. The molecular weight excluding hydrogens is 412 g/mol. The fraction of sp³-hybridized carbons (Fsp3) is 0.391. The van der Waals surface area contributed by atoms with Crippen molar-refractivity contribution in [1.29, 1.82) is 5.26 Å². The third-order valence-electron chi connectivity index (χ3n) is 5.50. The first-order chi connectivity index (χ1) is 14.8. The maximum absolute atomic E-state index is 12.5. The molecule has 2 aromatic rings. The molecule has 3 rings (SSSR count). The highest BCUT2D eigenvalue weighted by molar-refractivity contribution is 7.89. The second-order valence-electron chi connectivity index (χ2n) is 7.90. The highest BCUT2D eigenvalue weighted by Gasteiger charge is 2.22. The molecule has 0 aliphatic carbocycles. The van der Waals surface area contributed by atoms with E-state index in [4.69, 9.17) is 5.26 Å². The number of piperidine rings is 1. The molecule has 2 N–H and O–H groups in total. The van der Waals surface area contributed by atoms with Gasteiger partial charge in [-0.1, -0.05) is 12.1 Å². The molecule has 1 fully saturated rings. The molecular formula is C23H28N4O3S. The number of nitrogens with one attached hydrogen (secondary N) is 2. The second-order valence-corrected chi connectivity index (χ2v) is 9.64. The monoisotopic (exact) mass is 440 g/mol. The zero-order valence-electron chi connectivity index (χ0n) is 17.9. The van der Waals surface area contributed by atoms with Crippen LogP contribution >= 0.6 is 0 Å². The lowest BCUT2D eigenvalue weighted by molar-refractivity contribution is -0.121. The van der Waals surface area contributed by atoms with Crippen molar-refractivity contribution in [2.45, 2.75) is 44.0 Å². The van der Waals surface area contributed by atoms with E-state index in [0.717, 1.165) is 37.2 Å².